The van der Waals surface area contributed by atoms with E-state index in [0.717, 1.165) is 28.2 Å². The molecule has 0 fully saturated rings. The Morgan fingerprint density at radius 1 is 1.04 bits per heavy atom. The molecule has 0 aliphatic heterocycles. The molecule has 0 saturated heterocycles. The predicted molar refractivity (Wildman–Crippen MR) is 104 cm³/mol. The molecule has 2 aromatic carbocycles. The second kappa shape index (κ2) is 6.99. The highest BCUT2D eigenvalue weighted by Gasteiger charge is 2.12. The van der Waals surface area contributed by atoms with E-state index in [1.807, 2.05) is 55.5 Å². The van der Waals surface area contributed by atoms with Gasteiger partial charge in [-0.2, -0.15) is 0 Å². The van der Waals surface area contributed by atoms with Gasteiger partial charge in [0.1, 0.15) is 11.5 Å². The van der Waals surface area contributed by atoms with Crippen LogP contribution in [0.25, 0.3) is 28.0 Å². The number of aromatic amines is 1. The highest BCUT2D eigenvalue weighted by atomic mass is 16.5. The SMILES string of the molecule is CCOc1cccc(-c2cc(=O)n3[nH]cc(-c4ccc(OC)cc4)c3n2)c1. The Morgan fingerprint density at radius 2 is 1.85 bits per heavy atom. The molecule has 4 rings (SSSR count). The zero-order valence-corrected chi connectivity index (χ0v) is 15.1. The number of fused-ring (bicyclic) bond motifs is 1. The average Bonchev–Trinajstić information content (AvgIpc) is 3.13. The largest absolute Gasteiger partial charge is 0.497 e. The van der Waals surface area contributed by atoms with E-state index in [-0.39, 0.29) is 5.56 Å². The fraction of sp³-hybridized carbons (Fsp3) is 0.143. The summed E-state index contributed by atoms with van der Waals surface area (Å²) in [6.07, 6.45) is 1.78. The maximum atomic E-state index is 12.6. The van der Waals surface area contributed by atoms with E-state index in [1.54, 1.807) is 13.3 Å². The highest BCUT2D eigenvalue weighted by Crippen LogP contribution is 2.27. The third-order valence-corrected chi connectivity index (χ3v) is 4.34. The van der Waals surface area contributed by atoms with E-state index < -0.39 is 0 Å². The van der Waals surface area contributed by atoms with Crippen LogP contribution in [0.3, 0.4) is 0 Å². The summed E-state index contributed by atoms with van der Waals surface area (Å²) < 4.78 is 12.2. The predicted octanol–water partition coefficient (Wildman–Crippen LogP) is 3.76. The Labute approximate surface area is 156 Å². The zero-order valence-electron chi connectivity index (χ0n) is 15.1. The number of ether oxygens (including phenoxy) is 2. The first-order valence-electron chi connectivity index (χ1n) is 8.68. The Hall–Kier alpha value is -3.54. The van der Waals surface area contributed by atoms with Gasteiger partial charge in [0.05, 0.1) is 19.4 Å². The Morgan fingerprint density at radius 3 is 2.59 bits per heavy atom. The molecule has 0 amide bonds. The number of nitrogens with zero attached hydrogens (tertiary/aromatic N) is 2. The van der Waals surface area contributed by atoms with Crippen molar-refractivity contribution in [1.82, 2.24) is 14.6 Å². The topological polar surface area (TPSA) is 68.6 Å². The van der Waals surface area contributed by atoms with Crippen molar-refractivity contribution in [3.8, 4) is 33.9 Å². The second-order valence-corrected chi connectivity index (χ2v) is 6.02. The monoisotopic (exact) mass is 361 g/mol. The summed E-state index contributed by atoms with van der Waals surface area (Å²) in [4.78, 5) is 17.3. The lowest BCUT2D eigenvalue weighted by molar-refractivity contribution is 0.340. The van der Waals surface area contributed by atoms with Crippen LogP contribution in [0.4, 0.5) is 0 Å². The Bertz CT molecular complexity index is 1140. The van der Waals surface area contributed by atoms with Gasteiger partial charge in [-0.25, -0.2) is 9.50 Å². The number of hydrogen-bond acceptors (Lipinski definition) is 4. The van der Waals surface area contributed by atoms with Crippen LogP contribution < -0.4 is 15.0 Å². The van der Waals surface area contributed by atoms with Gasteiger partial charge in [-0.1, -0.05) is 24.3 Å². The first-order chi connectivity index (χ1) is 13.2. The van der Waals surface area contributed by atoms with Crippen LogP contribution in [0.1, 0.15) is 6.92 Å². The van der Waals surface area contributed by atoms with Crippen LogP contribution in [0.15, 0.2) is 65.6 Å². The van der Waals surface area contributed by atoms with Crippen LogP contribution in [-0.4, -0.2) is 28.3 Å². The molecule has 27 heavy (non-hydrogen) atoms. The van der Waals surface area contributed by atoms with Crippen molar-refractivity contribution >= 4 is 5.65 Å². The molecule has 0 saturated carbocycles. The first-order valence-corrected chi connectivity index (χ1v) is 8.68. The normalized spacial score (nSPS) is 10.9. The van der Waals surface area contributed by atoms with Crippen LogP contribution in [-0.2, 0) is 0 Å². The minimum Gasteiger partial charge on any atom is -0.497 e. The van der Waals surface area contributed by atoms with Crippen molar-refractivity contribution in [3.05, 3.63) is 71.1 Å². The van der Waals surface area contributed by atoms with E-state index >= 15 is 0 Å². The molecule has 136 valence electrons. The third-order valence-electron chi connectivity index (χ3n) is 4.34. The third kappa shape index (κ3) is 3.17. The zero-order chi connectivity index (χ0) is 18.8. The molecule has 4 aromatic rings. The molecule has 0 aliphatic carbocycles. The molecular weight excluding hydrogens is 342 g/mol. The van der Waals surface area contributed by atoms with Gasteiger partial charge in [0, 0.05) is 23.4 Å². The number of methoxy groups -OCH3 is 1. The van der Waals surface area contributed by atoms with Gasteiger partial charge in [-0.15, -0.1) is 0 Å². The van der Waals surface area contributed by atoms with E-state index in [1.165, 1.54) is 10.6 Å². The first kappa shape index (κ1) is 16.9. The van der Waals surface area contributed by atoms with E-state index in [0.29, 0.717) is 17.9 Å². The average molecular weight is 361 g/mol. The van der Waals surface area contributed by atoms with Gasteiger partial charge in [0.2, 0.25) is 0 Å². The van der Waals surface area contributed by atoms with Crippen LogP contribution >= 0.6 is 0 Å². The van der Waals surface area contributed by atoms with E-state index in [9.17, 15) is 4.79 Å². The number of nitrogens with one attached hydrogen (secondary N) is 1. The lowest BCUT2D eigenvalue weighted by atomic mass is 10.1. The standard InChI is InChI=1S/C21H19N3O3/c1-3-27-17-6-4-5-15(11-17)19-12-20(25)24-21(23-19)18(13-22-24)14-7-9-16(26-2)10-8-14/h4-13,22H,3H2,1-2H3. The van der Waals surface area contributed by atoms with Crippen molar-refractivity contribution < 1.29 is 9.47 Å². The molecule has 2 heterocycles. The summed E-state index contributed by atoms with van der Waals surface area (Å²) in [7, 11) is 1.63. The van der Waals surface area contributed by atoms with Crippen molar-refractivity contribution in [1.29, 1.82) is 0 Å². The van der Waals surface area contributed by atoms with Gasteiger partial charge in [-0.3, -0.25) is 9.89 Å². The summed E-state index contributed by atoms with van der Waals surface area (Å²) in [6, 6.07) is 16.8. The summed E-state index contributed by atoms with van der Waals surface area (Å²) in [6.45, 7) is 2.52. The van der Waals surface area contributed by atoms with Crippen molar-refractivity contribution in [3.63, 3.8) is 0 Å². The van der Waals surface area contributed by atoms with Gasteiger partial charge >= 0.3 is 0 Å². The molecule has 6 nitrogen and oxygen atoms in total. The van der Waals surface area contributed by atoms with Gasteiger partial charge < -0.3 is 9.47 Å². The molecule has 2 aromatic heterocycles. The molecule has 1 N–H and O–H groups in total. The number of hydrogen-bond donors (Lipinski definition) is 1. The van der Waals surface area contributed by atoms with Crippen molar-refractivity contribution in [2.75, 3.05) is 13.7 Å². The Kier molecular flexibility index (Phi) is 4.38. The summed E-state index contributed by atoms with van der Waals surface area (Å²) in [5.74, 6) is 1.53. The summed E-state index contributed by atoms with van der Waals surface area (Å²) in [5.41, 5.74) is 3.64. The molecule has 0 bridgehead atoms. The number of H-pyrrole nitrogens is 1. The molecular formula is C21H19N3O3. The minimum absolute atomic E-state index is 0.170. The molecule has 6 heteroatoms. The molecule has 0 atom stereocenters. The quantitative estimate of drug-likeness (QED) is 0.588. The van der Waals surface area contributed by atoms with Gasteiger partial charge in [0.25, 0.3) is 5.56 Å². The summed E-state index contributed by atoms with van der Waals surface area (Å²) in [5, 5.41) is 2.98. The van der Waals surface area contributed by atoms with Crippen LogP contribution in [0, 0.1) is 0 Å². The molecule has 0 aliphatic rings. The smallest absolute Gasteiger partial charge is 0.273 e. The highest BCUT2D eigenvalue weighted by molar-refractivity contribution is 5.78. The van der Waals surface area contributed by atoms with Crippen LogP contribution in [0.5, 0.6) is 11.5 Å². The van der Waals surface area contributed by atoms with Gasteiger partial charge in [0.15, 0.2) is 5.65 Å². The van der Waals surface area contributed by atoms with Crippen LogP contribution in [0.2, 0.25) is 0 Å². The lowest BCUT2D eigenvalue weighted by Crippen LogP contribution is -2.14. The number of benzene rings is 2. The van der Waals surface area contributed by atoms with E-state index in [4.69, 9.17) is 14.5 Å². The molecule has 0 unspecified atom stereocenters. The van der Waals surface area contributed by atoms with Crippen molar-refractivity contribution in [2.24, 2.45) is 0 Å². The number of rotatable bonds is 5. The fourth-order valence-corrected chi connectivity index (χ4v) is 3.02. The lowest BCUT2D eigenvalue weighted by Gasteiger charge is -2.07. The molecule has 0 spiro atoms. The number of aromatic nitrogens is 3. The summed E-state index contributed by atoms with van der Waals surface area (Å²) >= 11 is 0. The van der Waals surface area contributed by atoms with E-state index in [2.05, 4.69) is 5.10 Å². The minimum atomic E-state index is -0.170. The fourth-order valence-electron chi connectivity index (χ4n) is 3.02. The molecule has 0 radical (unpaired) electrons. The van der Waals surface area contributed by atoms with Gasteiger partial charge in [-0.05, 0) is 36.8 Å². The maximum Gasteiger partial charge on any atom is 0.273 e. The van der Waals surface area contributed by atoms with Crippen molar-refractivity contribution in [2.45, 2.75) is 6.92 Å². The second-order valence-electron chi connectivity index (χ2n) is 6.02. The Balaban J connectivity index is 1.84. The maximum absolute atomic E-state index is 12.6.